The lowest BCUT2D eigenvalue weighted by Crippen LogP contribution is -2.45. The highest BCUT2D eigenvalue weighted by atomic mass is 19.1. The maximum Gasteiger partial charge on any atom is 0.506 e. The highest BCUT2D eigenvalue weighted by Crippen LogP contribution is 2.42. The van der Waals surface area contributed by atoms with Crippen molar-refractivity contribution in [2.45, 2.75) is 31.0 Å². The molecule has 2 rings (SSSR count). The number of hydrogen-bond acceptors (Lipinski definition) is 6. The molecule has 0 spiro atoms. The Balaban J connectivity index is 2.43. The van der Waals surface area contributed by atoms with Crippen LogP contribution in [-0.2, 0) is 9.47 Å². The maximum absolute atomic E-state index is 14.8. The molecule has 0 unspecified atom stereocenters. The summed E-state index contributed by atoms with van der Waals surface area (Å²) in [5.41, 5.74) is -4.02. The van der Waals surface area contributed by atoms with Gasteiger partial charge in [-0.1, -0.05) is 0 Å². The molecule has 4 atom stereocenters. The molecule has 2 heterocycles. The second-order valence-corrected chi connectivity index (χ2v) is 4.68. The summed E-state index contributed by atoms with van der Waals surface area (Å²) in [5, 5.41) is 17.8. The Kier molecular flexibility index (Phi) is 3.83. The van der Waals surface area contributed by atoms with Crippen molar-refractivity contribution in [2.24, 2.45) is 0 Å². The summed E-state index contributed by atoms with van der Waals surface area (Å²) in [5.74, 6) is 0. The molecule has 1 aliphatic rings. The van der Waals surface area contributed by atoms with Gasteiger partial charge in [0.15, 0.2) is 18.0 Å². The Morgan fingerprint density at radius 1 is 1.62 bits per heavy atom. The number of hydrogen-bond donors (Lipinski definition) is 3. The molecule has 1 aromatic heterocycles. The minimum Gasteiger partial charge on any atom is -0.450 e. The van der Waals surface area contributed by atoms with Crippen LogP contribution < -0.4 is 11.2 Å². The van der Waals surface area contributed by atoms with Crippen molar-refractivity contribution < 1.29 is 28.9 Å². The number of ether oxygens (including phenoxy) is 2. The van der Waals surface area contributed by atoms with E-state index >= 15 is 0 Å². The average molecular weight is 304 g/mol. The molecule has 0 saturated carbocycles. The normalized spacial score (nSPS) is 32.0. The van der Waals surface area contributed by atoms with Crippen molar-refractivity contribution in [3.8, 4) is 0 Å². The van der Waals surface area contributed by atoms with Crippen molar-refractivity contribution in [2.75, 3.05) is 6.61 Å². The van der Waals surface area contributed by atoms with E-state index in [0.717, 1.165) is 23.8 Å². The van der Waals surface area contributed by atoms with Crippen LogP contribution in [0, 0.1) is 0 Å². The maximum atomic E-state index is 14.8. The number of nitrogens with one attached hydrogen (secondary N) is 1. The van der Waals surface area contributed by atoms with E-state index in [-0.39, 0.29) is 0 Å². The molecule has 0 aromatic carbocycles. The first-order chi connectivity index (χ1) is 9.77. The van der Waals surface area contributed by atoms with Crippen LogP contribution in [0.1, 0.15) is 13.2 Å². The van der Waals surface area contributed by atoms with Gasteiger partial charge in [0, 0.05) is 12.3 Å². The van der Waals surface area contributed by atoms with E-state index in [2.05, 4.69) is 4.74 Å². The lowest BCUT2D eigenvalue weighted by Gasteiger charge is -2.26. The Hall–Kier alpha value is -2.20. The Bertz CT molecular complexity index is 652. The molecule has 0 aliphatic carbocycles. The number of rotatable bonds is 3. The smallest absolute Gasteiger partial charge is 0.450 e. The van der Waals surface area contributed by atoms with Gasteiger partial charge in [-0.2, -0.15) is 0 Å². The summed E-state index contributed by atoms with van der Waals surface area (Å²) in [6.45, 7) is 0.282. The first-order valence-corrected chi connectivity index (χ1v) is 5.93. The van der Waals surface area contributed by atoms with Gasteiger partial charge in [0.2, 0.25) is 0 Å². The minimum atomic E-state index is -2.42. The van der Waals surface area contributed by atoms with Crippen LogP contribution in [0.2, 0.25) is 0 Å². The molecule has 21 heavy (non-hydrogen) atoms. The van der Waals surface area contributed by atoms with Gasteiger partial charge in [-0.25, -0.2) is 14.0 Å². The lowest BCUT2D eigenvalue weighted by atomic mass is 9.98. The molecule has 9 nitrogen and oxygen atoms in total. The zero-order valence-electron chi connectivity index (χ0n) is 10.9. The summed E-state index contributed by atoms with van der Waals surface area (Å²) in [7, 11) is 0. The number of aliphatic hydroxyl groups is 1. The fourth-order valence-corrected chi connectivity index (χ4v) is 2.26. The molecule has 0 radical (unpaired) electrons. The molecule has 116 valence electrons. The molecule has 3 N–H and O–H groups in total. The van der Waals surface area contributed by atoms with E-state index in [9.17, 15) is 18.8 Å². The van der Waals surface area contributed by atoms with E-state index in [1.807, 2.05) is 4.98 Å². The number of alkyl halides is 1. The zero-order valence-corrected chi connectivity index (χ0v) is 10.9. The fraction of sp³-hybridized carbons (Fsp3) is 0.545. The molecular formula is C11H13FN2O7. The zero-order chi connectivity index (χ0) is 15.8. The van der Waals surface area contributed by atoms with Gasteiger partial charge in [0.05, 0.1) is 6.61 Å². The highest BCUT2D eigenvalue weighted by molar-refractivity contribution is 5.57. The average Bonchev–Trinajstić information content (AvgIpc) is 2.61. The summed E-state index contributed by atoms with van der Waals surface area (Å²) < 4.78 is 25.2. The fourth-order valence-electron chi connectivity index (χ4n) is 2.26. The van der Waals surface area contributed by atoms with Crippen LogP contribution in [0.25, 0.3) is 0 Å². The van der Waals surface area contributed by atoms with Gasteiger partial charge in [0.25, 0.3) is 5.56 Å². The van der Waals surface area contributed by atoms with Crippen molar-refractivity contribution in [3.63, 3.8) is 0 Å². The number of nitrogens with zero attached hydrogens (tertiary/aromatic N) is 1. The van der Waals surface area contributed by atoms with Gasteiger partial charge in [-0.3, -0.25) is 14.3 Å². The molecule has 0 bridgehead atoms. The molecule has 1 aliphatic heterocycles. The third-order valence-electron chi connectivity index (χ3n) is 3.19. The Morgan fingerprint density at radius 3 is 2.81 bits per heavy atom. The SMILES string of the molecule is C[C@@]1(F)[C@H](OC(=O)O)[C@@H](CO)O[C@H]1n1ccc(=O)[nH]c1=O. The van der Waals surface area contributed by atoms with Gasteiger partial charge >= 0.3 is 11.8 Å². The van der Waals surface area contributed by atoms with Gasteiger partial charge in [-0.05, 0) is 6.92 Å². The van der Waals surface area contributed by atoms with Crippen LogP contribution in [0.3, 0.4) is 0 Å². The van der Waals surface area contributed by atoms with E-state index in [1.165, 1.54) is 0 Å². The van der Waals surface area contributed by atoms with E-state index in [1.54, 1.807) is 0 Å². The summed E-state index contributed by atoms with van der Waals surface area (Å²) in [6.07, 6.45) is -5.17. The Labute approximate surface area is 116 Å². The quantitative estimate of drug-likeness (QED) is 0.624. The first-order valence-electron chi connectivity index (χ1n) is 5.93. The predicted octanol–water partition coefficient (Wildman–Crippen LogP) is -0.782. The van der Waals surface area contributed by atoms with Crippen molar-refractivity contribution in [3.05, 3.63) is 33.1 Å². The highest BCUT2D eigenvalue weighted by Gasteiger charge is 2.58. The lowest BCUT2D eigenvalue weighted by molar-refractivity contribution is -0.0612. The molecule has 10 heteroatoms. The van der Waals surface area contributed by atoms with Crippen molar-refractivity contribution >= 4 is 6.16 Å². The van der Waals surface area contributed by atoms with Gasteiger partial charge < -0.3 is 19.7 Å². The van der Waals surface area contributed by atoms with Crippen molar-refractivity contribution in [1.82, 2.24) is 9.55 Å². The number of H-pyrrole nitrogens is 1. The second-order valence-electron chi connectivity index (χ2n) is 4.68. The molecule has 1 fully saturated rings. The minimum absolute atomic E-state index is 0.674. The van der Waals surface area contributed by atoms with Gasteiger partial charge in [0.1, 0.15) is 6.10 Å². The van der Waals surface area contributed by atoms with Crippen LogP contribution in [0.4, 0.5) is 9.18 Å². The molecule has 0 amide bonds. The summed E-state index contributed by atoms with van der Waals surface area (Å²) >= 11 is 0. The second kappa shape index (κ2) is 5.30. The predicted molar refractivity (Wildman–Crippen MR) is 64.7 cm³/mol. The summed E-state index contributed by atoms with van der Waals surface area (Å²) in [6, 6.07) is 0.986. The summed E-state index contributed by atoms with van der Waals surface area (Å²) in [4.78, 5) is 35.2. The van der Waals surface area contributed by atoms with Crippen LogP contribution >= 0.6 is 0 Å². The monoisotopic (exact) mass is 304 g/mol. The third kappa shape index (κ3) is 2.67. The number of aromatic amines is 1. The Morgan fingerprint density at radius 2 is 2.29 bits per heavy atom. The third-order valence-corrected chi connectivity index (χ3v) is 3.19. The number of carboxylic acid groups (broad SMARTS) is 1. The standard InChI is InChI=1S/C11H13FN2O7/c1-11(12)7(21-10(18)19)5(4-15)20-8(11)14-3-2-6(16)13-9(14)17/h2-3,5,7-8,15H,4H2,1H3,(H,18,19)(H,13,16,17)/t5-,7-,8-,11-/m1/s1. The molecule has 1 aromatic rings. The van der Waals surface area contributed by atoms with E-state index in [0.29, 0.717) is 0 Å². The van der Waals surface area contributed by atoms with Crippen molar-refractivity contribution in [1.29, 1.82) is 0 Å². The largest absolute Gasteiger partial charge is 0.506 e. The van der Waals surface area contributed by atoms with E-state index in [4.69, 9.17) is 14.9 Å². The van der Waals surface area contributed by atoms with Crippen LogP contribution in [0.5, 0.6) is 0 Å². The topological polar surface area (TPSA) is 131 Å². The number of halogens is 1. The van der Waals surface area contributed by atoms with Gasteiger partial charge in [-0.15, -0.1) is 0 Å². The number of aromatic nitrogens is 2. The van der Waals surface area contributed by atoms with Crippen LogP contribution in [-0.4, -0.2) is 50.4 Å². The van der Waals surface area contributed by atoms with E-state index < -0.39 is 48.1 Å². The molecule has 1 saturated heterocycles. The van der Waals surface area contributed by atoms with Crippen LogP contribution in [0.15, 0.2) is 21.9 Å². The first kappa shape index (κ1) is 15.2. The molecular weight excluding hydrogens is 291 g/mol. The number of aliphatic hydroxyl groups excluding tert-OH is 1. The number of carbonyl (C=O) groups is 1.